The van der Waals surface area contributed by atoms with Crippen LogP contribution in [0.2, 0.25) is 0 Å². The summed E-state index contributed by atoms with van der Waals surface area (Å²) in [5, 5.41) is 7.77. The lowest BCUT2D eigenvalue weighted by Crippen LogP contribution is -2.26. The van der Waals surface area contributed by atoms with Gasteiger partial charge in [-0.25, -0.2) is 8.42 Å². The minimum absolute atomic E-state index is 0.123. The maximum absolute atomic E-state index is 12.3. The minimum atomic E-state index is -3.66. The molecule has 116 valence electrons. The molecule has 9 heteroatoms. The highest BCUT2D eigenvalue weighted by molar-refractivity contribution is 7.89. The third-order valence-electron chi connectivity index (χ3n) is 2.87. The largest absolute Gasteiger partial charge is 0.338 e. The van der Waals surface area contributed by atoms with Crippen LogP contribution in [0.1, 0.15) is 44.9 Å². The monoisotopic (exact) mass is 313 g/mol. The summed E-state index contributed by atoms with van der Waals surface area (Å²) in [6.45, 7) is 6.22. The van der Waals surface area contributed by atoms with E-state index in [0.717, 1.165) is 6.42 Å². The number of aryl methyl sites for hydroxylation is 2. The molecule has 0 aliphatic heterocycles. The van der Waals surface area contributed by atoms with E-state index in [-0.39, 0.29) is 10.8 Å². The van der Waals surface area contributed by atoms with E-state index in [4.69, 9.17) is 4.52 Å². The maximum atomic E-state index is 12.3. The van der Waals surface area contributed by atoms with Crippen molar-refractivity contribution in [1.82, 2.24) is 24.6 Å². The summed E-state index contributed by atoms with van der Waals surface area (Å²) < 4.78 is 33.6. The SMILES string of the molecule is CCCn1cc(S(=O)(=O)N[C@H](C)c2nc(CC)no2)cn1. The molecular weight excluding hydrogens is 294 g/mol. The van der Waals surface area contributed by atoms with Crippen molar-refractivity contribution >= 4 is 10.0 Å². The van der Waals surface area contributed by atoms with Gasteiger partial charge < -0.3 is 4.52 Å². The van der Waals surface area contributed by atoms with Gasteiger partial charge in [-0.3, -0.25) is 4.68 Å². The number of nitrogens with zero attached hydrogens (tertiary/aromatic N) is 4. The minimum Gasteiger partial charge on any atom is -0.338 e. The van der Waals surface area contributed by atoms with Crippen LogP contribution in [-0.2, 0) is 23.0 Å². The Hall–Kier alpha value is -1.74. The molecule has 0 bridgehead atoms. The zero-order valence-corrected chi connectivity index (χ0v) is 13.1. The van der Waals surface area contributed by atoms with Crippen LogP contribution in [0, 0.1) is 0 Å². The van der Waals surface area contributed by atoms with E-state index >= 15 is 0 Å². The third kappa shape index (κ3) is 3.67. The molecule has 0 fully saturated rings. The van der Waals surface area contributed by atoms with Crippen molar-refractivity contribution in [1.29, 1.82) is 0 Å². The lowest BCUT2D eigenvalue weighted by atomic mass is 10.4. The third-order valence-corrected chi connectivity index (χ3v) is 4.37. The van der Waals surface area contributed by atoms with Gasteiger partial charge in [0.1, 0.15) is 4.90 Å². The molecule has 1 N–H and O–H groups in total. The smallest absolute Gasteiger partial charge is 0.244 e. The van der Waals surface area contributed by atoms with Gasteiger partial charge in [-0.1, -0.05) is 19.0 Å². The molecule has 0 amide bonds. The first-order chi connectivity index (χ1) is 9.96. The summed E-state index contributed by atoms with van der Waals surface area (Å²) in [6.07, 6.45) is 4.35. The van der Waals surface area contributed by atoms with Crippen LogP contribution in [0.25, 0.3) is 0 Å². The van der Waals surface area contributed by atoms with Crippen LogP contribution < -0.4 is 4.72 Å². The normalized spacial score (nSPS) is 13.5. The van der Waals surface area contributed by atoms with Gasteiger partial charge in [-0.05, 0) is 13.3 Å². The van der Waals surface area contributed by atoms with Crippen molar-refractivity contribution in [2.45, 2.75) is 51.1 Å². The molecular formula is C12H19N5O3S. The van der Waals surface area contributed by atoms with E-state index in [1.807, 2.05) is 13.8 Å². The summed E-state index contributed by atoms with van der Waals surface area (Å²) in [6, 6.07) is -0.600. The first kappa shape index (κ1) is 15.6. The molecule has 0 aliphatic carbocycles. The van der Waals surface area contributed by atoms with Gasteiger partial charge in [0.05, 0.1) is 12.2 Å². The van der Waals surface area contributed by atoms with Gasteiger partial charge in [0.2, 0.25) is 15.9 Å². The van der Waals surface area contributed by atoms with Gasteiger partial charge in [0.25, 0.3) is 0 Å². The highest BCUT2D eigenvalue weighted by atomic mass is 32.2. The number of aromatic nitrogens is 4. The van der Waals surface area contributed by atoms with Crippen molar-refractivity contribution < 1.29 is 12.9 Å². The van der Waals surface area contributed by atoms with Crippen molar-refractivity contribution in [3.8, 4) is 0 Å². The van der Waals surface area contributed by atoms with Crippen LogP contribution in [0.3, 0.4) is 0 Å². The van der Waals surface area contributed by atoms with Gasteiger partial charge in [-0.2, -0.15) is 14.8 Å². The van der Waals surface area contributed by atoms with Crippen molar-refractivity contribution in [2.24, 2.45) is 0 Å². The second-order valence-electron chi connectivity index (χ2n) is 4.68. The van der Waals surface area contributed by atoms with Crippen LogP contribution in [0.5, 0.6) is 0 Å². The summed E-state index contributed by atoms with van der Waals surface area (Å²) in [4.78, 5) is 4.24. The van der Waals surface area contributed by atoms with Crippen LogP contribution in [-0.4, -0.2) is 28.3 Å². The highest BCUT2D eigenvalue weighted by Crippen LogP contribution is 2.15. The second kappa shape index (κ2) is 6.35. The average Bonchev–Trinajstić information content (AvgIpc) is 3.07. The molecule has 2 aromatic heterocycles. The van der Waals surface area contributed by atoms with Gasteiger partial charge in [0.15, 0.2) is 5.82 Å². The molecule has 1 atom stereocenters. The molecule has 0 saturated carbocycles. The Morgan fingerprint density at radius 1 is 1.43 bits per heavy atom. The van der Waals surface area contributed by atoms with Gasteiger partial charge in [-0.15, -0.1) is 0 Å². The number of nitrogens with one attached hydrogen (secondary N) is 1. The Bertz CT molecular complexity index is 691. The quantitative estimate of drug-likeness (QED) is 0.826. The van der Waals surface area contributed by atoms with Crippen LogP contribution in [0.4, 0.5) is 0 Å². The van der Waals surface area contributed by atoms with Crippen LogP contribution in [0.15, 0.2) is 21.8 Å². The predicted molar refractivity (Wildman–Crippen MR) is 74.9 cm³/mol. The molecule has 8 nitrogen and oxygen atoms in total. The Labute approximate surface area is 123 Å². The lowest BCUT2D eigenvalue weighted by Gasteiger charge is -2.08. The molecule has 0 spiro atoms. The van der Waals surface area contributed by atoms with E-state index in [1.54, 1.807) is 11.6 Å². The number of rotatable bonds is 7. The molecule has 0 unspecified atom stereocenters. The zero-order valence-electron chi connectivity index (χ0n) is 12.3. The van der Waals surface area contributed by atoms with E-state index in [2.05, 4.69) is 20.0 Å². The number of hydrogen-bond acceptors (Lipinski definition) is 6. The number of sulfonamides is 1. The fourth-order valence-corrected chi connectivity index (χ4v) is 2.92. The molecule has 21 heavy (non-hydrogen) atoms. The van der Waals surface area contributed by atoms with Crippen molar-refractivity contribution in [3.63, 3.8) is 0 Å². The van der Waals surface area contributed by atoms with E-state index in [1.165, 1.54) is 12.4 Å². The summed E-state index contributed by atoms with van der Waals surface area (Å²) in [5.74, 6) is 0.795. The Kier molecular flexibility index (Phi) is 4.73. The maximum Gasteiger partial charge on any atom is 0.244 e. The first-order valence-corrected chi connectivity index (χ1v) is 8.31. The van der Waals surface area contributed by atoms with Gasteiger partial charge in [0, 0.05) is 19.2 Å². The molecule has 2 rings (SSSR count). The number of hydrogen-bond donors (Lipinski definition) is 1. The van der Waals surface area contributed by atoms with Crippen molar-refractivity contribution in [3.05, 3.63) is 24.1 Å². The Morgan fingerprint density at radius 2 is 2.19 bits per heavy atom. The molecule has 2 heterocycles. The fourth-order valence-electron chi connectivity index (χ4n) is 1.77. The van der Waals surface area contributed by atoms with E-state index in [9.17, 15) is 8.42 Å². The van der Waals surface area contributed by atoms with Crippen molar-refractivity contribution in [2.75, 3.05) is 0 Å². The molecule has 0 radical (unpaired) electrons. The summed E-state index contributed by atoms with van der Waals surface area (Å²) in [7, 11) is -3.66. The standard InChI is InChI=1S/C12H19N5O3S/c1-4-6-17-8-10(7-13-17)21(18,19)16-9(3)12-14-11(5-2)15-20-12/h7-9,16H,4-6H2,1-3H3/t9-/m1/s1. The molecule has 0 aliphatic rings. The molecule has 0 aromatic carbocycles. The van der Waals surface area contributed by atoms with E-state index < -0.39 is 16.1 Å². The summed E-state index contributed by atoms with van der Waals surface area (Å²) in [5.41, 5.74) is 0. The fraction of sp³-hybridized carbons (Fsp3) is 0.583. The topological polar surface area (TPSA) is 103 Å². The van der Waals surface area contributed by atoms with Gasteiger partial charge >= 0.3 is 0 Å². The Balaban J connectivity index is 2.12. The van der Waals surface area contributed by atoms with Crippen LogP contribution >= 0.6 is 0 Å². The average molecular weight is 313 g/mol. The van der Waals surface area contributed by atoms with E-state index in [0.29, 0.717) is 18.8 Å². The summed E-state index contributed by atoms with van der Waals surface area (Å²) >= 11 is 0. The highest BCUT2D eigenvalue weighted by Gasteiger charge is 2.23. The Morgan fingerprint density at radius 3 is 2.81 bits per heavy atom. The lowest BCUT2D eigenvalue weighted by molar-refractivity contribution is 0.350. The zero-order chi connectivity index (χ0) is 15.5. The molecule has 0 saturated heterocycles. The molecule has 2 aromatic rings. The predicted octanol–water partition coefficient (Wildman–Crippen LogP) is 1.28. The first-order valence-electron chi connectivity index (χ1n) is 6.83. The second-order valence-corrected chi connectivity index (χ2v) is 6.40.